The van der Waals surface area contributed by atoms with E-state index in [1.165, 1.54) is 24.3 Å². The number of aryl methyl sites for hydroxylation is 2. The van der Waals surface area contributed by atoms with Gasteiger partial charge in [0.05, 0.1) is 5.69 Å². The lowest BCUT2D eigenvalue weighted by Crippen LogP contribution is -2.43. The Bertz CT molecular complexity index is 831. The molecule has 150 valence electrons. The first-order valence-electron chi connectivity index (χ1n) is 9.76. The number of H-pyrrole nitrogens is 1. The second kappa shape index (κ2) is 8.99. The lowest BCUT2D eigenvalue weighted by Gasteiger charge is -2.33. The number of aromatic nitrogens is 2. The van der Waals surface area contributed by atoms with E-state index in [9.17, 15) is 14.0 Å². The van der Waals surface area contributed by atoms with Crippen molar-refractivity contribution in [3.05, 3.63) is 52.6 Å². The molecule has 28 heavy (non-hydrogen) atoms. The summed E-state index contributed by atoms with van der Waals surface area (Å²) in [4.78, 5) is 26.7. The van der Waals surface area contributed by atoms with E-state index in [0.717, 1.165) is 36.3 Å². The number of hydrogen-bond acceptors (Lipinski definition) is 3. The molecule has 6 nitrogen and oxygen atoms in total. The third kappa shape index (κ3) is 4.97. The lowest BCUT2D eigenvalue weighted by molar-refractivity contribution is -0.132. The normalized spacial score (nSPS) is 16.8. The molecule has 2 heterocycles. The van der Waals surface area contributed by atoms with Gasteiger partial charge in [0.15, 0.2) is 0 Å². The van der Waals surface area contributed by atoms with Crippen molar-refractivity contribution in [3.63, 3.8) is 0 Å². The highest BCUT2D eigenvalue weighted by molar-refractivity contribution is 5.94. The number of halogens is 1. The summed E-state index contributed by atoms with van der Waals surface area (Å²) in [5.41, 5.74) is 3.55. The molecule has 1 aromatic heterocycles. The van der Waals surface area contributed by atoms with Crippen molar-refractivity contribution < 1.29 is 14.0 Å². The quantitative estimate of drug-likeness (QED) is 0.801. The maximum Gasteiger partial charge on any atom is 0.251 e. The first-order chi connectivity index (χ1) is 13.4. The number of nitrogens with zero attached hydrogens (tertiary/aromatic N) is 2. The summed E-state index contributed by atoms with van der Waals surface area (Å²) in [7, 11) is 0. The minimum absolute atomic E-state index is 0.134. The van der Waals surface area contributed by atoms with Gasteiger partial charge in [-0.1, -0.05) is 0 Å². The van der Waals surface area contributed by atoms with Crippen LogP contribution in [0.4, 0.5) is 4.39 Å². The number of aromatic amines is 1. The number of nitrogens with one attached hydrogen (secondary N) is 2. The van der Waals surface area contributed by atoms with Crippen LogP contribution in [0.25, 0.3) is 0 Å². The molecular formula is C21H27FN4O2. The summed E-state index contributed by atoms with van der Waals surface area (Å²) in [6, 6.07) is 5.50. The number of likely N-dealkylation sites (tertiary alicyclic amines) is 1. The van der Waals surface area contributed by atoms with E-state index in [1.807, 2.05) is 18.7 Å². The Morgan fingerprint density at radius 1 is 1.29 bits per heavy atom. The highest BCUT2D eigenvalue weighted by atomic mass is 19.1. The molecule has 2 N–H and O–H groups in total. The fraction of sp³-hybridized carbons (Fsp3) is 0.476. The summed E-state index contributed by atoms with van der Waals surface area (Å²) >= 11 is 0. The molecule has 1 saturated heterocycles. The SMILES string of the molecule is Cc1[nH]nc(CCC(=O)N2CCC[C@@H](CNC(=O)c3ccc(F)cc3)C2)c1C. The topological polar surface area (TPSA) is 78.1 Å². The molecule has 7 heteroatoms. The molecule has 0 spiro atoms. The molecule has 0 unspecified atom stereocenters. The van der Waals surface area contributed by atoms with E-state index in [0.29, 0.717) is 31.5 Å². The second-order valence-corrected chi connectivity index (χ2v) is 7.49. The molecule has 2 aromatic rings. The number of carbonyl (C=O) groups excluding carboxylic acids is 2. The van der Waals surface area contributed by atoms with Gasteiger partial charge < -0.3 is 10.2 Å². The fourth-order valence-electron chi connectivity index (χ4n) is 3.56. The van der Waals surface area contributed by atoms with Crippen molar-refractivity contribution in [1.29, 1.82) is 0 Å². The van der Waals surface area contributed by atoms with Crippen LogP contribution in [0.5, 0.6) is 0 Å². The van der Waals surface area contributed by atoms with Gasteiger partial charge in [-0.25, -0.2) is 4.39 Å². The van der Waals surface area contributed by atoms with Gasteiger partial charge in [-0.2, -0.15) is 5.10 Å². The van der Waals surface area contributed by atoms with Gasteiger partial charge in [-0.05, 0) is 62.4 Å². The third-order valence-corrected chi connectivity index (χ3v) is 5.46. The summed E-state index contributed by atoms with van der Waals surface area (Å²) in [5.74, 6) is -0.211. The first kappa shape index (κ1) is 20.0. The molecule has 1 aliphatic heterocycles. The molecule has 1 fully saturated rings. The zero-order chi connectivity index (χ0) is 20.1. The lowest BCUT2D eigenvalue weighted by atomic mass is 9.97. The summed E-state index contributed by atoms with van der Waals surface area (Å²) in [6.45, 7) is 5.92. The Kier molecular flexibility index (Phi) is 6.44. The first-order valence-corrected chi connectivity index (χ1v) is 9.76. The average molecular weight is 386 g/mol. The highest BCUT2D eigenvalue weighted by Gasteiger charge is 2.24. The van der Waals surface area contributed by atoms with Crippen molar-refractivity contribution in [2.24, 2.45) is 5.92 Å². The van der Waals surface area contributed by atoms with Crippen LogP contribution >= 0.6 is 0 Å². The Morgan fingerprint density at radius 2 is 2.04 bits per heavy atom. The Hall–Kier alpha value is -2.70. The molecule has 0 aliphatic carbocycles. The van der Waals surface area contributed by atoms with Crippen LogP contribution in [-0.2, 0) is 11.2 Å². The van der Waals surface area contributed by atoms with Crippen molar-refractivity contribution in [2.45, 2.75) is 39.5 Å². The van der Waals surface area contributed by atoms with E-state index >= 15 is 0 Å². The number of rotatable bonds is 6. The zero-order valence-electron chi connectivity index (χ0n) is 16.4. The Labute approximate surface area is 164 Å². The van der Waals surface area contributed by atoms with E-state index in [-0.39, 0.29) is 23.5 Å². The zero-order valence-corrected chi connectivity index (χ0v) is 16.4. The average Bonchev–Trinajstić information content (AvgIpc) is 3.03. The number of benzene rings is 1. The Balaban J connectivity index is 1.46. The third-order valence-electron chi connectivity index (χ3n) is 5.46. The van der Waals surface area contributed by atoms with Gasteiger partial charge in [0.2, 0.25) is 5.91 Å². The minimum atomic E-state index is -0.363. The van der Waals surface area contributed by atoms with Crippen LogP contribution in [0, 0.1) is 25.6 Å². The van der Waals surface area contributed by atoms with Crippen molar-refractivity contribution in [1.82, 2.24) is 20.4 Å². The van der Waals surface area contributed by atoms with Gasteiger partial charge in [-0.15, -0.1) is 0 Å². The number of carbonyl (C=O) groups is 2. The van der Waals surface area contributed by atoms with Gasteiger partial charge in [-0.3, -0.25) is 14.7 Å². The smallest absolute Gasteiger partial charge is 0.251 e. The fourth-order valence-corrected chi connectivity index (χ4v) is 3.56. The molecular weight excluding hydrogens is 359 g/mol. The predicted molar refractivity (Wildman–Crippen MR) is 104 cm³/mol. The molecule has 1 aromatic carbocycles. The maximum absolute atomic E-state index is 13.0. The van der Waals surface area contributed by atoms with Crippen LogP contribution in [0.15, 0.2) is 24.3 Å². The summed E-state index contributed by atoms with van der Waals surface area (Å²) in [6.07, 6.45) is 2.99. The predicted octanol–water partition coefficient (Wildman–Crippen LogP) is 2.77. The molecule has 3 rings (SSSR count). The molecule has 0 radical (unpaired) electrons. The number of piperidine rings is 1. The van der Waals surface area contributed by atoms with E-state index in [4.69, 9.17) is 0 Å². The molecule has 2 amide bonds. The molecule has 0 bridgehead atoms. The van der Waals surface area contributed by atoms with Crippen LogP contribution in [0.1, 0.15) is 46.6 Å². The van der Waals surface area contributed by atoms with Crippen molar-refractivity contribution in [2.75, 3.05) is 19.6 Å². The molecule has 1 atom stereocenters. The van der Waals surface area contributed by atoms with Gasteiger partial charge >= 0.3 is 0 Å². The van der Waals surface area contributed by atoms with Crippen LogP contribution in [0.2, 0.25) is 0 Å². The summed E-state index contributed by atoms with van der Waals surface area (Å²) in [5, 5.41) is 10.1. The van der Waals surface area contributed by atoms with Crippen LogP contribution in [0.3, 0.4) is 0 Å². The molecule has 0 saturated carbocycles. The van der Waals surface area contributed by atoms with E-state index < -0.39 is 0 Å². The van der Waals surface area contributed by atoms with Crippen LogP contribution < -0.4 is 5.32 Å². The largest absolute Gasteiger partial charge is 0.352 e. The standard InChI is InChI=1S/C21H27FN4O2/c1-14-15(2)24-25-19(14)9-10-20(27)26-11-3-4-16(13-26)12-23-21(28)17-5-7-18(22)8-6-17/h5-8,16H,3-4,9-13H2,1-2H3,(H,23,28)(H,24,25)/t16-/m0/s1. The molecule has 1 aliphatic rings. The highest BCUT2D eigenvalue weighted by Crippen LogP contribution is 2.18. The van der Waals surface area contributed by atoms with Gasteiger partial charge in [0, 0.05) is 43.7 Å². The second-order valence-electron chi connectivity index (χ2n) is 7.49. The van der Waals surface area contributed by atoms with Gasteiger partial charge in [0.1, 0.15) is 5.82 Å². The monoisotopic (exact) mass is 386 g/mol. The Morgan fingerprint density at radius 3 is 2.71 bits per heavy atom. The van der Waals surface area contributed by atoms with Gasteiger partial charge in [0.25, 0.3) is 5.91 Å². The minimum Gasteiger partial charge on any atom is -0.352 e. The van der Waals surface area contributed by atoms with Crippen molar-refractivity contribution >= 4 is 11.8 Å². The number of amides is 2. The maximum atomic E-state index is 13.0. The van der Waals surface area contributed by atoms with E-state index in [2.05, 4.69) is 15.5 Å². The van der Waals surface area contributed by atoms with Crippen molar-refractivity contribution in [3.8, 4) is 0 Å². The van der Waals surface area contributed by atoms with E-state index in [1.54, 1.807) is 0 Å². The van der Waals surface area contributed by atoms with Crippen LogP contribution in [-0.4, -0.2) is 46.5 Å². The summed E-state index contributed by atoms with van der Waals surface area (Å²) < 4.78 is 13.0. The number of hydrogen-bond donors (Lipinski definition) is 2.